The topological polar surface area (TPSA) is 131 Å². The molecule has 0 aliphatic carbocycles. The van der Waals surface area contributed by atoms with Gasteiger partial charge in [-0.15, -0.1) is 0 Å². The van der Waals surface area contributed by atoms with Gasteiger partial charge >= 0.3 is 23.9 Å². The first-order valence-corrected chi connectivity index (χ1v) is 9.04. The van der Waals surface area contributed by atoms with Crippen molar-refractivity contribution in [1.82, 2.24) is 9.97 Å². The Balaban J connectivity index is 2.52. The zero-order valence-electron chi connectivity index (χ0n) is 17.0. The molecule has 0 radical (unpaired) electrons. The van der Waals surface area contributed by atoms with Gasteiger partial charge in [-0.3, -0.25) is 24.2 Å². The van der Waals surface area contributed by atoms with E-state index in [-0.39, 0.29) is 5.69 Å². The minimum absolute atomic E-state index is 0.162. The van der Waals surface area contributed by atoms with E-state index in [1.165, 1.54) is 20.0 Å². The first-order valence-electron chi connectivity index (χ1n) is 9.04. The Hall–Kier alpha value is -3.56. The number of esters is 4. The molecule has 1 aromatic heterocycles. The molecular weight excluding hydrogens is 396 g/mol. The van der Waals surface area contributed by atoms with Gasteiger partial charge in [-0.05, 0) is 12.1 Å². The molecule has 2 aromatic rings. The van der Waals surface area contributed by atoms with Crippen LogP contribution in [0.5, 0.6) is 0 Å². The average molecular weight is 418 g/mol. The number of aromatic nitrogens is 2. The lowest BCUT2D eigenvalue weighted by Crippen LogP contribution is -2.43. The summed E-state index contributed by atoms with van der Waals surface area (Å²) < 4.78 is 20.8. The minimum Gasteiger partial charge on any atom is -0.462 e. The minimum atomic E-state index is -1.34. The Bertz CT molecular complexity index is 945. The van der Waals surface area contributed by atoms with E-state index in [2.05, 4.69) is 9.97 Å². The van der Waals surface area contributed by atoms with Gasteiger partial charge in [-0.2, -0.15) is 0 Å². The van der Waals surface area contributed by atoms with E-state index in [4.69, 9.17) is 18.9 Å². The number of carbonyl (C=O) groups excluding carboxylic acids is 4. The van der Waals surface area contributed by atoms with E-state index >= 15 is 0 Å². The molecule has 0 bridgehead atoms. The first kappa shape index (κ1) is 22.7. The fourth-order valence-electron chi connectivity index (χ4n) is 2.72. The Morgan fingerprint density at radius 2 is 1.43 bits per heavy atom. The highest BCUT2D eigenvalue weighted by molar-refractivity contribution is 5.74. The van der Waals surface area contributed by atoms with Gasteiger partial charge in [-0.25, -0.2) is 4.98 Å². The van der Waals surface area contributed by atoms with Crippen molar-refractivity contribution in [2.45, 2.75) is 46.0 Å². The third-order valence-corrected chi connectivity index (χ3v) is 3.79. The number of nitrogens with zero attached hydrogens (tertiary/aromatic N) is 2. The molecule has 0 spiro atoms. The van der Waals surface area contributed by atoms with Gasteiger partial charge in [-0.1, -0.05) is 12.1 Å². The second kappa shape index (κ2) is 10.3. The summed E-state index contributed by atoms with van der Waals surface area (Å²) in [5.41, 5.74) is 1.27. The lowest BCUT2D eigenvalue weighted by molar-refractivity contribution is -0.190. The van der Waals surface area contributed by atoms with Crippen molar-refractivity contribution in [1.29, 1.82) is 0 Å². The molecule has 0 fully saturated rings. The van der Waals surface area contributed by atoms with Gasteiger partial charge in [0, 0.05) is 27.7 Å². The molecule has 0 amide bonds. The van der Waals surface area contributed by atoms with Crippen LogP contribution in [-0.2, 0) is 38.1 Å². The molecule has 1 heterocycles. The normalized spacial score (nSPS) is 13.6. The molecule has 0 N–H and O–H groups in total. The maximum Gasteiger partial charge on any atom is 0.303 e. The van der Waals surface area contributed by atoms with Crippen molar-refractivity contribution in [2.24, 2.45) is 0 Å². The molecule has 10 heteroatoms. The van der Waals surface area contributed by atoms with Gasteiger partial charge in [0.25, 0.3) is 0 Å². The highest BCUT2D eigenvalue weighted by Gasteiger charge is 2.40. The zero-order chi connectivity index (χ0) is 22.3. The van der Waals surface area contributed by atoms with Crippen LogP contribution < -0.4 is 0 Å². The van der Waals surface area contributed by atoms with Crippen LogP contribution in [0.15, 0.2) is 30.5 Å². The number of carbonyl (C=O) groups is 4. The standard InChI is InChI=1S/C20H22N2O8/c1-11(23)27-10-18(28-12(2)24)20(30-14(4)26)19(29-13(3)25)17-9-21-15-7-5-6-8-16(15)22-17/h5-9,18-20H,10H2,1-4H3/t18-,19+,20+/m0/s1. The Kier molecular flexibility index (Phi) is 7.79. The lowest BCUT2D eigenvalue weighted by Gasteiger charge is -2.31. The monoisotopic (exact) mass is 418 g/mol. The fourth-order valence-corrected chi connectivity index (χ4v) is 2.72. The van der Waals surface area contributed by atoms with Crippen molar-refractivity contribution in [2.75, 3.05) is 6.61 Å². The molecular formula is C20H22N2O8. The summed E-state index contributed by atoms with van der Waals surface area (Å²) in [4.78, 5) is 55.1. The maximum absolute atomic E-state index is 11.8. The van der Waals surface area contributed by atoms with Crippen molar-refractivity contribution in [3.8, 4) is 0 Å². The summed E-state index contributed by atoms with van der Waals surface area (Å²) in [5, 5.41) is 0. The van der Waals surface area contributed by atoms with Crippen LogP contribution >= 0.6 is 0 Å². The predicted octanol–water partition coefficient (Wildman–Crippen LogP) is 1.66. The second-order valence-electron chi connectivity index (χ2n) is 6.34. The molecule has 2 rings (SSSR count). The Morgan fingerprint density at radius 1 is 0.833 bits per heavy atom. The number of hydrogen-bond donors (Lipinski definition) is 0. The summed E-state index contributed by atoms with van der Waals surface area (Å²) in [6.45, 7) is 4.19. The van der Waals surface area contributed by atoms with Crippen LogP contribution in [0.3, 0.4) is 0 Å². The maximum atomic E-state index is 11.8. The molecule has 0 aliphatic rings. The molecule has 3 atom stereocenters. The molecule has 0 saturated carbocycles. The van der Waals surface area contributed by atoms with E-state index in [0.717, 1.165) is 13.8 Å². The van der Waals surface area contributed by atoms with Crippen LogP contribution in [0.25, 0.3) is 11.0 Å². The van der Waals surface area contributed by atoms with E-state index in [1.807, 2.05) is 0 Å². The van der Waals surface area contributed by atoms with Crippen molar-refractivity contribution in [3.63, 3.8) is 0 Å². The first-order chi connectivity index (χ1) is 14.2. The quantitative estimate of drug-likeness (QED) is 0.460. The van der Waals surface area contributed by atoms with E-state index in [1.54, 1.807) is 24.3 Å². The molecule has 10 nitrogen and oxygen atoms in total. The molecule has 0 saturated heterocycles. The summed E-state index contributed by atoms with van der Waals surface area (Å²) in [7, 11) is 0. The van der Waals surface area contributed by atoms with Crippen LogP contribution in [0.2, 0.25) is 0 Å². The summed E-state index contributed by atoms with van der Waals surface area (Å²) in [5.74, 6) is -2.77. The summed E-state index contributed by atoms with van der Waals surface area (Å²) in [6, 6.07) is 7.00. The molecule has 0 aliphatic heterocycles. The molecule has 30 heavy (non-hydrogen) atoms. The highest BCUT2D eigenvalue weighted by Crippen LogP contribution is 2.28. The van der Waals surface area contributed by atoms with E-state index < -0.39 is 48.8 Å². The van der Waals surface area contributed by atoms with E-state index in [0.29, 0.717) is 11.0 Å². The van der Waals surface area contributed by atoms with Crippen molar-refractivity contribution < 1.29 is 38.1 Å². The number of hydrogen-bond acceptors (Lipinski definition) is 10. The number of rotatable bonds is 8. The summed E-state index contributed by atoms with van der Waals surface area (Å²) in [6.07, 6.45) is -2.51. The zero-order valence-corrected chi connectivity index (χ0v) is 17.0. The molecule has 160 valence electrons. The van der Waals surface area contributed by atoms with Crippen molar-refractivity contribution in [3.05, 3.63) is 36.2 Å². The number of fused-ring (bicyclic) bond motifs is 1. The predicted molar refractivity (Wildman–Crippen MR) is 102 cm³/mol. The Labute approximate surface area is 172 Å². The van der Waals surface area contributed by atoms with Gasteiger partial charge in [0.1, 0.15) is 12.3 Å². The van der Waals surface area contributed by atoms with Crippen LogP contribution in [0.1, 0.15) is 39.5 Å². The molecule has 0 unspecified atom stereocenters. The SMILES string of the molecule is CC(=O)OC[C@H](OC(C)=O)[C@@H](OC(C)=O)[C@H](OC(C)=O)c1cnc2ccccc2n1. The molecule has 1 aromatic carbocycles. The smallest absolute Gasteiger partial charge is 0.303 e. The fraction of sp³-hybridized carbons (Fsp3) is 0.400. The van der Waals surface area contributed by atoms with Gasteiger partial charge in [0.15, 0.2) is 18.3 Å². The third kappa shape index (κ3) is 6.50. The average Bonchev–Trinajstić information content (AvgIpc) is 2.66. The number of ether oxygens (including phenoxy) is 4. The second-order valence-corrected chi connectivity index (χ2v) is 6.34. The highest BCUT2D eigenvalue weighted by atomic mass is 16.6. The van der Waals surface area contributed by atoms with E-state index in [9.17, 15) is 19.2 Å². The Morgan fingerprint density at radius 3 is 2.00 bits per heavy atom. The van der Waals surface area contributed by atoms with Crippen LogP contribution in [-0.4, -0.2) is 52.7 Å². The van der Waals surface area contributed by atoms with Gasteiger partial charge in [0.05, 0.1) is 17.2 Å². The van der Waals surface area contributed by atoms with Gasteiger partial charge in [0.2, 0.25) is 0 Å². The van der Waals surface area contributed by atoms with Gasteiger partial charge < -0.3 is 18.9 Å². The lowest BCUT2D eigenvalue weighted by atomic mass is 10.0. The van der Waals surface area contributed by atoms with Crippen LogP contribution in [0, 0.1) is 0 Å². The van der Waals surface area contributed by atoms with Crippen LogP contribution in [0.4, 0.5) is 0 Å². The van der Waals surface area contributed by atoms with Crippen molar-refractivity contribution >= 4 is 34.9 Å². The summed E-state index contributed by atoms with van der Waals surface area (Å²) >= 11 is 0. The number of benzene rings is 1. The third-order valence-electron chi connectivity index (χ3n) is 3.79. The number of para-hydroxylation sites is 2. The largest absolute Gasteiger partial charge is 0.462 e.